The number of benzene rings is 1. The molecule has 0 spiro atoms. The first kappa shape index (κ1) is 13.0. The third-order valence-corrected chi connectivity index (χ3v) is 2.47. The van der Waals surface area contributed by atoms with E-state index in [0.717, 1.165) is 30.6 Å². The first-order valence-electron chi connectivity index (χ1n) is 5.79. The molecule has 1 aromatic carbocycles. The van der Waals surface area contributed by atoms with Gasteiger partial charge in [0.05, 0.1) is 12.7 Å². The fraction of sp³-hybridized carbons (Fsp3) is 0.538. The summed E-state index contributed by atoms with van der Waals surface area (Å²) in [5.41, 5.74) is 0.921. The fourth-order valence-electron chi connectivity index (χ4n) is 1.43. The van der Waals surface area contributed by atoms with Crippen LogP contribution in [0.2, 0.25) is 0 Å². The van der Waals surface area contributed by atoms with Crippen molar-refractivity contribution in [2.24, 2.45) is 0 Å². The largest absolute Gasteiger partial charge is 0.494 e. The lowest BCUT2D eigenvalue weighted by Gasteiger charge is -2.09. The Morgan fingerprint density at radius 1 is 1.19 bits per heavy atom. The van der Waals surface area contributed by atoms with Crippen LogP contribution < -0.4 is 4.74 Å². The highest BCUT2D eigenvalue weighted by Crippen LogP contribution is 2.19. The molecule has 1 aromatic rings. The lowest BCUT2D eigenvalue weighted by Crippen LogP contribution is -1.99. The second-order valence-corrected chi connectivity index (χ2v) is 3.77. The van der Waals surface area contributed by atoms with Crippen LogP contribution in [0.3, 0.4) is 0 Å². The maximum Gasteiger partial charge on any atom is 0.119 e. The lowest BCUT2D eigenvalue weighted by atomic mass is 10.1. The topological polar surface area (TPSA) is 49.7 Å². The Morgan fingerprint density at radius 3 is 2.44 bits per heavy atom. The van der Waals surface area contributed by atoms with Gasteiger partial charge >= 0.3 is 0 Å². The number of aliphatic hydroxyl groups excluding tert-OH is 2. The summed E-state index contributed by atoms with van der Waals surface area (Å²) in [6.45, 7) is 2.78. The van der Waals surface area contributed by atoms with Crippen LogP contribution in [0.4, 0.5) is 0 Å². The minimum atomic E-state index is -0.386. The smallest absolute Gasteiger partial charge is 0.119 e. The Labute approximate surface area is 96.7 Å². The minimum Gasteiger partial charge on any atom is -0.494 e. The molecule has 0 fully saturated rings. The van der Waals surface area contributed by atoms with Gasteiger partial charge in [-0.2, -0.15) is 0 Å². The highest BCUT2D eigenvalue weighted by molar-refractivity contribution is 5.28. The molecule has 0 aromatic heterocycles. The van der Waals surface area contributed by atoms with Crippen LogP contribution in [-0.2, 0) is 0 Å². The van der Waals surface area contributed by atoms with Gasteiger partial charge in [0, 0.05) is 6.61 Å². The Hall–Kier alpha value is -1.06. The van der Waals surface area contributed by atoms with Gasteiger partial charge in [0.25, 0.3) is 0 Å². The molecular formula is C13H20O3. The SMILES string of the molecule is CC[C@H](O)c1ccc(OCCCCO)cc1. The quantitative estimate of drug-likeness (QED) is 0.699. The number of ether oxygens (including phenoxy) is 1. The molecule has 0 amide bonds. The molecule has 0 aliphatic carbocycles. The second kappa shape index (κ2) is 7.25. The lowest BCUT2D eigenvalue weighted by molar-refractivity contribution is 0.173. The van der Waals surface area contributed by atoms with Gasteiger partial charge < -0.3 is 14.9 Å². The zero-order chi connectivity index (χ0) is 11.8. The number of hydrogen-bond acceptors (Lipinski definition) is 3. The van der Waals surface area contributed by atoms with E-state index in [2.05, 4.69) is 0 Å². The highest BCUT2D eigenvalue weighted by atomic mass is 16.5. The van der Waals surface area contributed by atoms with Crippen molar-refractivity contribution >= 4 is 0 Å². The molecule has 0 bridgehead atoms. The Balaban J connectivity index is 2.39. The van der Waals surface area contributed by atoms with Gasteiger partial charge in [-0.05, 0) is 37.0 Å². The molecule has 0 unspecified atom stereocenters. The summed E-state index contributed by atoms with van der Waals surface area (Å²) < 4.78 is 5.48. The molecule has 0 saturated heterocycles. The van der Waals surface area contributed by atoms with E-state index in [0.29, 0.717) is 6.61 Å². The molecule has 1 rings (SSSR count). The van der Waals surface area contributed by atoms with E-state index in [4.69, 9.17) is 9.84 Å². The van der Waals surface area contributed by atoms with Crippen molar-refractivity contribution in [1.82, 2.24) is 0 Å². The standard InChI is InChI=1S/C13H20O3/c1-2-13(15)11-5-7-12(8-6-11)16-10-4-3-9-14/h5-8,13-15H,2-4,9-10H2,1H3/t13-/m0/s1. The Morgan fingerprint density at radius 2 is 1.88 bits per heavy atom. The second-order valence-electron chi connectivity index (χ2n) is 3.77. The van der Waals surface area contributed by atoms with Gasteiger partial charge in [-0.15, -0.1) is 0 Å². The van der Waals surface area contributed by atoms with Gasteiger partial charge in [-0.25, -0.2) is 0 Å². The summed E-state index contributed by atoms with van der Waals surface area (Å²) in [6, 6.07) is 7.51. The molecular weight excluding hydrogens is 204 g/mol. The molecule has 2 N–H and O–H groups in total. The molecule has 0 radical (unpaired) electrons. The third-order valence-electron chi connectivity index (χ3n) is 2.47. The fourth-order valence-corrected chi connectivity index (χ4v) is 1.43. The van der Waals surface area contributed by atoms with Crippen molar-refractivity contribution in [2.75, 3.05) is 13.2 Å². The zero-order valence-electron chi connectivity index (χ0n) is 9.72. The van der Waals surface area contributed by atoms with Crippen LogP contribution in [0.5, 0.6) is 5.75 Å². The Kier molecular flexibility index (Phi) is 5.90. The van der Waals surface area contributed by atoms with Gasteiger partial charge in [0.1, 0.15) is 5.75 Å². The number of hydrogen-bond donors (Lipinski definition) is 2. The van der Waals surface area contributed by atoms with Crippen LogP contribution >= 0.6 is 0 Å². The molecule has 3 heteroatoms. The molecule has 0 aliphatic rings. The molecule has 0 aliphatic heterocycles. The average Bonchev–Trinajstić information content (AvgIpc) is 2.34. The third kappa shape index (κ3) is 4.21. The van der Waals surface area contributed by atoms with Crippen LogP contribution in [0.1, 0.15) is 37.9 Å². The van der Waals surface area contributed by atoms with E-state index in [1.165, 1.54) is 0 Å². The van der Waals surface area contributed by atoms with Crippen molar-refractivity contribution in [2.45, 2.75) is 32.3 Å². The van der Waals surface area contributed by atoms with Gasteiger partial charge in [-0.1, -0.05) is 19.1 Å². The highest BCUT2D eigenvalue weighted by Gasteiger charge is 2.03. The molecule has 0 saturated carbocycles. The molecule has 1 atom stereocenters. The summed E-state index contributed by atoms with van der Waals surface area (Å²) in [6.07, 6.45) is 1.96. The zero-order valence-corrected chi connectivity index (χ0v) is 9.72. The number of rotatable bonds is 7. The van der Waals surface area contributed by atoms with E-state index >= 15 is 0 Å². The van der Waals surface area contributed by atoms with Gasteiger partial charge in [-0.3, -0.25) is 0 Å². The first-order chi connectivity index (χ1) is 7.77. The number of unbranched alkanes of at least 4 members (excludes halogenated alkanes) is 1. The van der Waals surface area contributed by atoms with Crippen molar-refractivity contribution < 1.29 is 14.9 Å². The summed E-state index contributed by atoms with van der Waals surface area (Å²) in [7, 11) is 0. The average molecular weight is 224 g/mol. The predicted molar refractivity (Wildman–Crippen MR) is 63.5 cm³/mol. The van der Waals surface area contributed by atoms with E-state index in [-0.39, 0.29) is 12.7 Å². The van der Waals surface area contributed by atoms with Gasteiger partial charge in [0.15, 0.2) is 0 Å². The van der Waals surface area contributed by atoms with E-state index in [1.807, 2.05) is 31.2 Å². The van der Waals surface area contributed by atoms with Crippen molar-refractivity contribution in [1.29, 1.82) is 0 Å². The van der Waals surface area contributed by atoms with E-state index in [1.54, 1.807) is 0 Å². The summed E-state index contributed by atoms with van der Waals surface area (Å²) in [5.74, 6) is 0.810. The monoisotopic (exact) mass is 224 g/mol. The van der Waals surface area contributed by atoms with Crippen LogP contribution in [0.25, 0.3) is 0 Å². The van der Waals surface area contributed by atoms with Crippen LogP contribution in [0, 0.1) is 0 Å². The van der Waals surface area contributed by atoms with Crippen LogP contribution in [0.15, 0.2) is 24.3 Å². The van der Waals surface area contributed by atoms with Crippen molar-refractivity contribution in [3.8, 4) is 5.75 Å². The number of aliphatic hydroxyl groups is 2. The van der Waals surface area contributed by atoms with E-state index in [9.17, 15) is 5.11 Å². The summed E-state index contributed by atoms with van der Waals surface area (Å²) in [4.78, 5) is 0. The first-order valence-corrected chi connectivity index (χ1v) is 5.79. The Bertz CT molecular complexity index is 282. The minimum absolute atomic E-state index is 0.213. The maximum absolute atomic E-state index is 9.60. The van der Waals surface area contributed by atoms with Crippen molar-refractivity contribution in [3.63, 3.8) is 0 Å². The normalized spacial score (nSPS) is 12.4. The molecule has 0 heterocycles. The van der Waals surface area contributed by atoms with E-state index < -0.39 is 0 Å². The summed E-state index contributed by atoms with van der Waals surface area (Å²) in [5, 5.41) is 18.2. The van der Waals surface area contributed by atoms with Crippen LogP contribution in [-0.4, -0.2) is 23.4 Å². The summed E-state index contributed by atoms with van der Waals surface area (Å²) >= 11 is 0. The molecule has 16 heavy (non-hydrogen) atoms. The maximum atomic E-state index is 9.60. The van der Waals surface area contributed by atoms with Crippen molar-refractivity contribution in [3.05, 3.63) is 29.8 Å². The molecule has 3 nitrogen and oxygen atoms in total. The predicted octanol–water partition coefficient (Wildman–Crippen LogP) is 2.28. The molecule has 90 valence electrons. The van der Waals surface area contributed by atoms with Gasteiger partial charge in [0.2, 0.25) is 0 Å².